The van der Waals surface area contributed by atoms with E-state index in [0.29, 0.717) is 12.6 Å². The molecule has 0 saturated heterocycles. The lowest BCUT2D eigenvalue weighted by atomic mass is 9.85. The maximum atomic E-state index is 6.27. The SMILES string of the molecule is COc1cc2c(cc1OCc1ccc(C)cc1)C1Cc3c([nH]c4ccccc34)CN1CC2. The van der Waals surface area contributed by atoms with E-state index in [-0.39, 0.29) is 0 Å². The van der Waals surface area contributed by atoms with Crippen molar-refractivity contribution in [2.45, 2.75) is 39.0 Å². The molecule has 4 aromatic rings. The van der Waals surface area contributed by atoms with Crippen LogP contribution in [-0.4, -0.2) is 23.5 Å². The summed E-state index contributed by atoms with van der Waals surface area (Å²) in [6.45, 7) is 4.68. The van der Waals surface area contributed by atoms with Crippen LogP contribution in [0.4, 0.5) is 0 Å². The molecular formula is C28H28N2O2. The molecule has 0 saturated carbocycles. The number of rotatable bonds is 4. The number of nitrogens with one attached hydrogen (secondary N) is 1. The third-order valence-electron chi connectivity index (χ3n) is 7.07. The zero-order valence-electron chi connectivity index (χ0n) is 18.7. The minimum atomic E-state index is 0.373. The fourth-order valence-electron chi connectivity index (χ4n) is 5.33. The van der Waals surface area contributed by atoms with Crippen LogP contribution in [0.1, 0.15) is 39.6 Å². The summed E-state index contributed by atoms with van der Waals surface area (Å²) in [5.74, 6) is 1.66. The van der Waals surface area contributed by atoms with Gasteiger partial charge in [-0.1, -0.05) is 48.0 Å². The van der Waals surface area contributed by atoms with Crippen LogP contribution in [0.25, 0.3) is 10.9 Å². The van der Waals surface area contributed by atoms with E-state index >= 15 is 0 Å². The summed E-state index contributed by atoms with van der Waals surface area (Å²) < 4.78 is 12.0. The maximum absolute atomic E-state index is 6.27. The van der Waals surface area contributed by atoms with Crippen LogP contribution < -0.4 is 9.47 Å². The number of aromatic amines is 1. The van der Waals surface area contributed by atoms with Gasteiger partial charge >= 0.3 is 0 Å². The maximum Gasteiger partial charge on any atom is 0.162 e. The molecule has 32 heavy (non-hydrogen) atoms. The highest BCUT2D eigenvalue weighted by Gasteiger charge is 2.34. The standard InChI is InChI=1S/C28H28N2O2/c1-18-7-9-19(10-8-18)17-32-28-15-22-20(13-27(28)31-2)11-12-30-16-25-23(14-26(22)30)21-5-3-4-6-24(21)29-25/h3-10,13,15,26,29H,11-12,14,16-17H2,1-2H3. The first-order chi connectivity index (χ1) is 15.7. The number of fused-ring (bicyclic) bond motifs is 6. The smallest absolute Gasteiger partial charge is 0.162 e. The van der Waals surface area contributed by atoms with E-state index in [9.17, 15) is 0 Å². The molecule has 3 heterocycles. The number of hydrogen-bond donors (Lipinski definition) is 1. The van der Waals surface area contributed by atoms with E-state index in [0.717, 1.165) is 43.0 Å². The van der Waals surface area contributed by atoms with Crippen LogP contribution in [-0.2, 0) is 26.0 Å². The van der Waals surface area contributed by atoms with Gasteiger partial charge in [-0.05, 0) is 60.2 Å². The second-order valence-corrected chi connectivity index (χ2v) is 9.04. The van der Waals surface area contributed by atoms with E-state index in [1.54, 1.807) is 7.11 Å². The molecule has 162 valence electrons. The van der Waals surface area contributed by atoms with Gasteiger partial charge < -0.3 is 14.5 Å². The van der Waals surface area contributed by atoms with Crippen molar-refractivity contribution < 1.29 is 9.47 Å². The van der Waals surface area contributed by atoms with E-state index in [2.05, 4.69) is 77.5 Å². The van der Waals surface area contributed by atoms with Crippen molar-refractivity contribution in [2.24, 2.45) is 0 Å². The molecule has 2 aliphatic heterocycles. The Morgan fingerprint density at radius 1 is 1.03 bits per heavy atom. The fourth-order valence-corrected chi connectivity index (χ4v) is 5.33. The van der Waals surface area contributed by atoms with Crippen molar-refractivity contribution in [1.29, 1.82) is 0 Å². The average molecular weight is 425 g/mol. The largest absolute Gasteiger partial charge is 0.493 e. The van der Waals surface area contributed by atoms with Gasteiger partial charge in [0.25, 0.3) is 0 Å². The molecule has 6 rings (SSSR count). The summed E-state index contributed by atoms with van der Waals surface area (Å²) >= 11 is 0. The second-order valence-electron chi connectivity index (χ2n) is 9.04. The topological polar surface area (TPSA) is 37.5 Å². The van der Waals surface area contributed by atoms with Gasteiger partial charge in [0.15, 0.2) is 11.5 Å². The van der Waals surface area contributed by atoms with Gasteiger partial charge in [-0.2, -0.15) is 0 Å². The monoisotopic (exact) mass is 424 g/mol. The Kier molecular flexibility index (Phi) is 4.69. The summed E-state index contributed by atoms with van der Waals surface area (Å²) in [6.07, 6.45) is 2.06. The van der Waals surface area contributed by atoms with E-state index in [1.807, 2.05) is 0 Å². The number of ether oxygens (including phenoxy) is 2. The van der Waals surface area contributed by atoms with Crippen molar-refractivity contribution in [3.8, 4) is 11.5 Å². The number of methoxy groups -OCH3 is 1. The first kappa shape index (κ1) is 19.4. The number of benzene rings is 3. The van der Waals surface area contributed by atoms with Crippen LogP contribution in [0.3, 0.4) is 0 Å². The Morgan fingerprint density at radius 3 is 2.72 bits per heavy atom. The molecule has 0 spiro atoms. The molecule has 0 bridgehead atoms. The van der Waals surface area contributed by atoms with E-state index in [4.69, 9.17) is 9.47 Å². The molecule has 1 unspecified atom stereocenters. The molecule has 4 heteroatoms. The van der Waals surface area contributed by atoms with Gasteiger partial charge in [-0.3, -0.25) is 4.90 Å². The van der Waals surface area contributed by atoms with Crippen molar-refractivity contribution >= 4 is 10.9 Å². The lowest BCUT2D eigenvalue weighted by Gasteiger charge is -2.40. The van der Waals surface area contributed by atoms with Crippen molar-refractivity contribution in [3.05, 3.63) is 94.2 Å². The minimum Gasteiger partial charge on any atom is -0.493 e. The molecule has 1 N–H and O–H groups in total. The van der Waals surface area contributed by atoms with Gasteiger partial charge in [0, 0.05) is 35.7 Å². The van der Waals surface area contributed by atoms with E-state index < -0.39 is 0 Å². The molecular weight excluding hydrogens is 396 g/mol. The Balaban J connectivity index is 1.34. The third-order valence-corrected chi connectivity index (χ3v) is 7.07. The van der Waals surface area contributed by atoms with Gasteiger partial charge in [0.1, 0.15) is 6.61 Å². The average Bonchev–Trinajstić information content (AvgIpc) is 3.19. The predicted molar refractivity (Wildman–Crippen MR) is 127 cm³/mol. The van der Waals surface area contributed by atoms with Crippen LogP contribution in [0, 0.1) is 6.92 Å². The first-order valence-corrected chi connectivity index (χ1v) is 11.4. The molecule has 0 aliphatic carbocycles. The molecule has 3 aromatic carbocycles. The van der Waals surface area contributed by atoms with Gasteiger partial charge in [0.05, 0.1) is 7.11 Å². The number of aromatic nitrogens is 1. The van der Waals surface area contributed by atoms with Crippen molar-refractivity contribution in [2.75, 3.05) is 13.7 Å². The molecule has 1 atom stereocenters. The zero-order chi connectivity index (χ0) is 21.7. The second kappa shape index (κ2) is 7.72. The summed E-state index contributed by atoms with van der Waals surface area (Å²) in [6, 6.07) is 22.0. The third kappa shape index (κ3) is 3.26. The molecule has 2 aliphatic rings. The van der Waals surface area contributed by atoms with Crippen LogP contribution >= 0.6 is 0 Å². The van der Waals surface area contributed by atoms with Gasteiger partial charge in [-0.15, -0.1) is 0 Å². The minimum absolute atomic E-state index is 0.373. The van der Waals surface area contributed by atoms with Crippen molar-refractivity contribution in [1.82, 2.24) is 9.88 Å². The molecule has 4 nitrogen and oxygen atoms in total. The number of para-hydroxylation sites is 1. The highest BCUT2D eigenvalue weighted by atomic mass is 16.5. The summed E-state index contributed by atoms with van der Waals surface area (Å²) in [5.41, 5.74) is 9.27. The summed E-state index contributed by atoms with van der Waals surface area (Å²) in [7, 11) is 1.73. The van der Waals surface area contributed by atoms with Crippen LogP contribution in [0.15, 0.2) is 60.7 Å². The fraction of sp³-hybridized carbons (Fsp3) is 0.286. The lowest BCUT2D eigenvalue weighted by Crippen LogP contribution is -2.39. The van der Waals surface area contributed by atoms with Gasteiger partial charge in [0.2, 0.25) is 0 Å². The Labute approximate surface area is 188 Å². The van der Waals surface area contributed by atoms with E-state index in [1.165, 1.54) is 38.9 Å². The van der Waals surface area contributed by atoms with Gasteiger partial charge in [-0.25, -0.2) is 0 Å². The number of aryl methyl sites for hydroxylation is 1. The first-order valence-electron chi connectivity index (χ1n) is 11.4. The highest BCUT2D eigenvalue weighted by Crippen LogP contribution is 2.43. The Bertz CT molecular complexity index is 1290. The number of hydrogen-bond acceptors (Lipinski definition) is 3. The van der Waals surface area contributed by atoms with Crippen LogP contribution in [0.2, 0.25) is 0 Å². The predicted octanol–water partition coefficient (Wildman–Crippen LogP) is 5.72. The summed E-state index contributed by atoms with van der Waals surface area (Å²) in [5, 5.41) is 1.36. The molecule has 1 aromatic heterocycles. The number of nitrogens with zero attached hydrogens (tertiary/aromatic N) is 1. The lowest BCUT2D eigenvalue weighted by molar-refractivity contribution is 0.158. The number of H-pyrrole nitrogens is 1. The Hall–Kier alpha value is -3.24. The zero-order valence-corrected chi connectivity index (χ0v) is 18.7. The normalized spacial score (nSPS) is 17.5. The molecule has 0 radical (unpaired) electrons. The summed E-state index contributed by atoms with van der Waals surface area (Å²) in [4.78, 5) is 6.27. The molecule has 0 fully saturated rings. The highest BCUT2D eigenvalue weighted by molar-refractivity contribution is 5.85. The Morgan fingerprint density at radius 2 is 1.88 bits per heavy atom. The quantitative estimate of drug-likeness (QED) is 0.455. The van der Waals surface area contributed by atoms with Crippen LogP contribution in [0.5, 0.6) is 11.5 Å². The van der Waals surface area contributed by atoms with Crippen molar-refractivity contribution in [3.63, 3.8) is 0 Å². The molecule has 0 amide bonds.